The fourth-order valence-electron chi connectivity index (χ4n) is 1.69. The molecule has 1 aromatic rings. The average Bonchev–Trinajstić information content (AvgIpc) is 2.31. The van der Waals surface area contributed by atoms with Gasteiger partial charge in [-0.05, 0) is 38.1 Å². The zero-order chi connectivity index (χ0) is 12.7. The van der Waals surface area contributed by atoms with Gasteiger partial charge in [0.1, 0.15) is 0 Å². The normalized spacial score (nSPS) is 11.1. The molecule has 0 saturated carbocycles. The molecular weight excluding hydrogens is 277 g/mol. The molecule has 0 fully saturated rings. The Kier molecular flexibility index (Phi) is 7.29. The first-order chi connectivity index (χ1) is 8.15. The highest BCUT2D eigenvalue weighted by Gasteiger charge is 2.06. The summed E-state index contributed by atoms with van der Waals surface area (Å²) >= 11 is 17.8. The van der Waals surface area contributed by atoms with Crippen molar-refractivity contribution >= 4 is 34.8 Å². The van der Waals surface area contributed by atoms with Crippen LogP contribution in [0.25, 0.3) is 0 Å². The lowest BCUT2D eigenvalue weighted by molar-refractivity contribution is 0.318. The van der Waals surface area contributed by atoms with Crippen molar-refractivity contribution in [2.24, 2.45) is 0 Å². The van der Waals surface area contributed by atoms with Crippen LogP contribution in [0.15, 0.2) is 18.2 Å². The molecular formula is C13H18Cl3N. The summed E-state index contributed by atoms with van der Waals surface area (Å²) in [5, 5.41) is 1.29. The minimum atomic E-state index is 0.625. The van der Waals surface area contributed by atoms with Gasteiger partial charge in [0, 0.05) is 12.4 Å². The SMILES string of the molecule is CN(CCCCCCl)Cc1cccc(Cl)c1Cl. The summed E-state index contributed by atoms with van der Waals surface area (Å²) in [6.45, 7) is 1.89. The molecule has 0 aromatic heterocycles. The standard InChI is InChI=1S/C13H18Cl3N/c1-17(9-4-2-3-8-14)10-11-6-5-7-12(15)13(11)16/h5-7H,2-4,8-10H2,1H3. The Morgan fingerprint density at radius 2 is 1.88 bits per heavy atom. The molecule has 0 saturated heterocycles. The minimum Gasteiger partial charge on any atom is -0.302 e. The summed E-state index contributed by atoms with van der Waals surface area (Å²) < 4.78 is 0. The number of alkyl halides is 1. The maximum atomic E-state index is 6.15. The summed E-state index contributed by atoms with van der Waals surface area (Å²) in [6.07, 6.45) is 3.44. The molecule has 0 unspecified atom stereocenters. The third-order valence-corrected chi connectivity index (χ3v) is 3.77. The van der Waals surface area contributed by atoms with Gasteiger partial charge in [-0.25, -0.2) is 0 Å². The van der Waals surface area contributed by atoms with E-state index in [0.717, 1.165) is 31.0 Å². The second kappa shape index (κ2) is 8.20. The average molecular weight is 295 g/mol. The van der Waals surface area contributed by atoms with Crippen molar-refractivity contribution in [1.29, 1.82) is 0 Å². The van der Waals surface area contributed by atoms with E-state index in [1.54, 1.807) is 0 Å². The van der Waals surface area contributed by atoms with Crippen molar-refractivity contribution in [3.8, 4) is 0 Å². The van der Waals surface area contributed by atoms with Gasteiger partial charge in [0.05, 0.1) is 10.0 Å². The van der Waals surface area contributed by atoms with Gasteiger partial charge in [-0.1, -0.05) is 41.8 Å². The van der Waals surface area contributed by atoms with Gasteiger partial charge in [0.2, 0.25) is 0 Å². The summed E-state index contributed by atoms with van der Waals surface area (Å²) in [5.41, 5.74) is 1.08. The molecule has 0 N–H and O–H groups in total. The maximum Gasteiger partial charge on any atom is 0.0637 e. The number of nitrogens with zero attached hydrogens (tertiary/aromatic N) is 1. The van der Waals surface area contributed by atoms with E-state index in [1.165, 1.54) is 12.8 Å². The van der Waals surface area contributed by atoms with E-state index >= 15 is 0 Å². The molecule has 0 aliphatic rings. The van der Waals surface area contributed by atoms with Crippen LogP contribution in [0.4, 0.5) is 0 Å². The van der Waals surface area contributed by atoms with Gasteiger partial charge in [0.15, 0.2) is 0 Å². The first-order valence-corrected chi connectivity index (χ1v) is 7.11. The van der Waals surface area contributed by atoms with E-state index in [4.69, 9.17) is 34.8 Å². The number of benzene rings is 1. The Balaban J connectivity index is 2.39. The molecule has 0 bridgehead atoms. The second-order valence-corrected chi connectivity index (χ2v) is 5.36. The highest BCUT2D eigenvalue weighted by molar-refractivity contribution is 6.42. The Labute approximate surface area is 119 Å². The summed E-state index contributed by atoms with van der Waals surface area (Å²) in [7, 11) is 2.10. The number of unbranched alkanes of at least 4 members (excludes halogenated alkanes) is 2. The summed E-state index contributed by atoms with van der Waals surface area (Å²) in [6, 6.07) is 5.77. The van der Waals surface area contributed by atoms with Crippen molar-refractivity contribution in [2.45, 2.75) is 25.8 Å². The van der Waals surface area contributed by atoms with E-state index in [0.29, 0.717) is 10.0 Å². The van der Waals surface area contributed by atoms with E-state index < -0.39 is 0 Å². The number of hydrogen-bond donors (Lipinski definition) is 0. The lowest BCUT2D eigenvalue weighted by atomic mass is 10.2. The van der Waals surface area contributed by atoms with Gasteiger partial charge >= 0.3 is 0 Å². The lowest BCUT2D eigenvalue weighted by Gasteiger charge is -2.17. The predicted molar refractivity (Wildman–Crippen MR) is 77.4 cm³/mol. The van der Waals surface area contributed by atoms with Gasteiger partial charge in [-0.3, -0.25) is 0 Å². The Morgan fingerprint density at radius 1 is 1.12 bits per heavy atom. The van der Waals surface area contributed by atoms with E-state index in [1.807, 2.05) is 18.2 Å². The summed E-state index contributed by atoms with van der Waals surface area (Å²) in [4.78, 5) is 2.26. The quantitative estimate of drug-likeness (QED) is 0.514. The molecule has 0 spiro atoms. The maximum absolute atomic E-state index is 6.15. The molecule has 1 aromatic carbocycles. The van der Waals surface area contributed by atoms with Crippen LogP contribution in [-0.4, -0.2) is 24.4 Å². The van der Waals surface area contributed by atoms with Gasteiger partial charge in [-0.2, -0.15) is 0 Å². The zero-order valence-electron chi connectivity index (χ0n) is 10.1. The zero-order valence-corrected chi connectivity index (χ0v) is 12.3. The van der Waals surface area contributed by atoms with Gasteiger partial charge < -0.3 is 4.90 Å². The Morgan fingerprint density at radius 3 is 2.59 bits per heavy atom. The first-order valence-electron chi connectivity index (χ1n) is 5.82. The molecule has 0 aliphatic heterocycles. The predicted octanol–water partition coefficient (Wildman–Crippen LogP) is 4.83. The molecule has 4 heteroatoms. The van der Waals surface area contributed by atoms with Crippen molar-refractivity contribution in [2.75, 3.05) is 19.5 Å². The largest absolute Gasteiger partial charge is 0.302 e. The number of halogens is 3. The fourth-order valence-corrected chi connectivity index (χ4v) is 2.26. The molecule has 1 nitrogen and oxygen atoms in total. The third kappa shape index (κ3) is 5.48. The van der Waals surface area contributed by atoms with Crippen LogP contribution < -0.4 is 0 Å². The topological polar surface area (TPSA) is 3.24 Å². The second-order valence-electron chi connectivity index (χ2n) is 4.20. The van der Waals surface area contributed by atoms with Crippen LogP contribution in [-0.2, 0) is 6.54 Å². The number of rotatable bonds is 7. The monoisotopic (exact) mass is 293 g/mol. The van der Waals surface area contributed by atoms with E-state index in [2.05, 4.69) is 11.9 Å². The Bertz CT molecular complexity index is 341. The highest BCUT2D eigenvalue weighted by atomic mass is 35.5. The van der Waals surface area contributed by atoms with Crippen molar-refractivity contribution < 1.29 is 0 Å². The van der Waals surface area contributed by atoms with Crippen molar-refractivity contribution in [1.82, 2.24) is 4.90 Å². The molecule has 17 heavy (non-hydrogen) atoms. The highest BCUT2D eigenvalue weighted by Crippen LogP contribution is 2.26. The smallest absolute Gasteiger partial charge is 0.0637 e. The molecule has 0 heterocycles. The first kappa shape index (κ1) is 15.1. The van der Waals surface area contributed by atoms with E-state index in [-0.39, 0.29) is 0 Å². The van der Waals surface area contributed by atoms with Crippen molar-refractivity contribution in [3.05, 3.63) is 33.8 Å². The lowest BCUT2D eigenvalue weighted by Crippen LogP contribution is -2.19. The van der Waals surface area contributed by atoms with E-state index in [9.17, 15) is 0 Å². The molecule has 0 atom stereocenters. The van der Waals surface area contributed by atoms with Crippen LogP contribution in [0.1, 0.15) is 24.8 Å². The molecule has 0 radical (unpaired) electrons. The van der Waals surface area contributed by atoms with Gasteiger partial charge in [0.25, 0.3) is 0 Å². The van der Waals surface area contributed by atoms with Crippen LogP contribution in [0.2, 0.25) is 10.0 Å². The molecule has 0 amide bonds. The van der Waals surface area contributed by atoms with Crippen LogP contribution in [0, 0.1) is 0 Å². The van der Waals surface area contributed by atoms with Gasteiger partial charge in [-0.15, -0.1) is 11.6 Å². The van der Waals surface area contributed by atoms with Crippen LogP contribution >= 0.6 is 34.8 Å². The third-order valence-electron chi connectivity index (χ3n) is 2.65. The van der Waals surface area contributed by atoms with Crippen LogP contribution in [0.3, 0.4) is 0 Å². The Hall–Kier alpha value is 0.0500. The molecule has 96 valence electrons. The number of hydrogen-bond acceptors (Lipinski definition) is 1. The fraction of sp³-hybridized carbons (Fsp3) is 0.538. The van der Waals surface area contributed by atoms with Crippen molar-refractivity contribution in [3.63, 3.8) is 0 Å². The molecule has 0 aliphatic carbocycles. The van der Waals surface area contributed by atoms with Crippen LogP contribution in [0.5, 0.6) is 0 Å². The summed E-state index contributed by atoms with van der Waals surface area (Å²) in [5.74, 6) is 0.754. The molecule has 1 rings (SSSR count). The minimum absolute atomic E-state index is 0.625.